The number of rotatable bonds is 4. The Labute approximate surface area is 200 Å². The van der Waals surface area contributed by atoms with Gasteiger partial charge in [-0.3, -0.25) is 9.58 Å². The van der Waals surface area contributed by atoms with Crippen LogP contribution in [0, 0.1) is 0 Å². The van der Waals surface area contributed by atoms with E-state index < -0.39 is 32.8 Å². The third-order valence-corrected chi connectivity index (χ3v) is 9.71. The number of likely N-dealkylation sites (tertiary alicyclic amines) is 1. The van der Waals surface area contributed by atoms with Gasteiger partial charge in [0.25, 0.3) is 0 Å². The Morgan fingerprint density at radius 3 is 2.74 bits per heavy atom. The first-order valence-electron chi connectivity index (χ1n) is 11.1. The van der Waals surface area contributed by atoms with Crippen molar-refractivity contribution < 1.29 is 31.4 Å². The standard InChI is InChI=1S/C21H27F3N4O4S2/c1-13-6-20(19-16(17(29)12-32-20)5-18(33-19)21(22,23)24)3-4-26(13)8-14-7-25-28(9-14)15-10-27(11-15)34(2,30)31/h5,7,9,13,15,17,29H,3-4,6,8,10-12H2,1-2H3/t13-,17+,20+/m0/s1. The molecule has 5 heterocycles. The molecule has 3 aliphatic heterocycles. The van der Waals surface area contributed by atoms with Gasteiger partial charge in [0.05, 0.1) is 25.1 Å². The monoisotopic (exact) mass is 520 g/mol. The Hall–Kier alpha value is -1.51. The molecule has 3 aliphatic rings. The summed E-state index contributed by atoms with van der Waals surface area (Å²) >= 11 is 0.687. The normalized spacial score (nSPS) is 29.4. The quantitative estimate of drug-likeness (QED) is 0.667. The molecule has 1 N–H and O–H groups in total. The highest BCUT2D eigenvalue weighted by molar-refractivity contribution is 7.88. The maximum atomic E-state index is 13.3. The first kappa shape index (κ1) is 24.2. The van der Waals surface area contributed by atoms with Crippen molar-refractivity contribution in [1.82, 2.24) is 19.0 Å². The average molecular weight is 521 g/mol. The second-order valence-electron chi connectivity index (χ2n) is 9.55. The number of aliphatic hydroxyl groups is 1. The maximum absolute atomic E-state index is 13.3. The van der Waals surface area contributed by atoms with Crippen molar-refractivity contribution in [2.75, 3.05) is 32.5 Å². The van der Waals surface area contributed by atoms with E-state index >= 15 is 0 Å². The molecular weight excluding hydrogens is 493 g/mol. The molecule has 34 heavy (non-hydrogen) atoms. The fourth-order valence-corrected chi connectivity index (χ4v) is 7.27. The number of fused-ring (bicyclic) bond motifs is 2. The zero-order valence-electron chi connectivity index (χ0n) is 18.8. The van der Waals surface area contributed by atoms with Crippen molar-refractivity contribution in [2.24, 2.45) is 0 Å². The lowest BCUT2D eigenvalue weighted by atomic mass is 9.81. The van der Waals surface area contributed by atoms with Crippen LogP contribution in [0.1, 0.15) is 52.8 Å². The maximum Gasteiger partial charge on any atom is 0.425 e. The van der Waals surface area contributed by atoms with Crippen LogP contribution in [0.15, 0.2) is 18.5 Å². The Kier molecular flexibility index (Phi) is 5.89. The van der Waals surface area contributed by atoms with Crippen molar-refractivity contribution in [3.05, 3.63) is 39.3 Å². The summed E-state index contributed by atoms with van der Waals surface area (Å²) < 4.78 is 72.4. The summed E-state index contributed by atoms with van der Waals surface area (Å²) in [5, 5.41) is 14.7. The lowest BCUT2D eigenvalue weighted by Crippen LogP contribution is -2.50. The number of sulfonamides is 1. The molecule has 8 nitrogen and oxygen atoms in total. The van der Waals surface area contributed by atoms with Gasteiger partial charge in [0.1, 0.15) is 16.6 Å². The number of alkyl halides is 3. The van der Waals surface area contributed by atoms with E-state index in [2.05, 4.69) is 10.00 Å². The summed E-state index contributed by atoms with van der Waals surface area (Å²) in [6, 6.07) is 1.14. The van der Waals surface area contributed by atoms with Gasteiger partial charge in [0.2, 0.25) is 10.0 Å². The zero-order valence-corrected chi connectivity index (χ0v) is 20.5. The number of aliphatic hydroxyl groups excluding tert-OH is 1. The van der Waals surface area contributed by atoms with Gasteiger partial charge in [0.15, 0.2) is 0 Å². The van der Waals surface area contributed by atoms with Crippen molar-refractivity contribution in [3.63, 3.8) is 0 Å². The molecule has 0 saturated carbocycles. The van der Waals surface area contributed by atoms with E-state index in [1.165, 1.54) is 10.6 Å². The summed E-state index contributed by atoms with van der Waals surface area (Å²) in [5.41, 5.74) is 0.523. The Morgan fingerprint density at radius 1 is 1.35 bits per heavy atom. The summed E-state index contributed by atoms with van der Waals surface area (Å²) in [5.74, 6) is 0. The largest absolute Gasteiger partial charge is 0.425 e. The number of nitrogens with zero attached hydrogens (tertiary/aromatic N) is 4. The van der Waals surface area contributed by atoms with Crippen molar-refractivity contribution in [2.45, 2.75) is 56.3 Å². The molecule has 2 fully saturated rings. The zero-order chi connectivity index (χ0) is 24.5. The van der Waals surface area contributed by atoms with Crippen LogP contribution in [0.2, 0.25) is 0 Å². The summed E-state index contributed by atoms with van der Waals surface area (Å²) in [6.07, 6.45) is 0.482. The van der Waals surface area contributed by atoms with Gasteiger partial charge in [-0.05, 0) is 25.8 Å². The molecule has 3 atom stereocenters. The third kappa shape index (κ3) is 4.30. The molecule has 13 heteroatoms. The summed E-state index contributed by atoms with van der Waals surface area (Å²) in [7, 11) is -3.18. The molecule has 2 aromatic rings. The Bertz CT molecular complexity index is 1180. The van der Waals surface area contributed by atoms with Gasteiger partial charge in [-0.2, -0.15) is 22.6 Å². The second kappa shape index (κ2) is 8.27. The van der Waals surface area contributed by atoms with Gasteiger partial charge in [-0.25, -0.2) is 8.42 Å². The van der Waals surface area contributed by atoms with Crippen molar-refractivity contribution in [1.29, 1.82) is 0 Å². The number of aromatic nitrogens is 2. The molecule has 0 aromatic carbocycles. The van der Waals surface area contributed by atoms with E-state index in [1.54, 1.807) is 10.9 Å². The van der Waals surface area contributed by atoms with E-state index in [-0.39, 0.29) is 18.7 Å². The second-order valence-corrected chi connectivity index (χ2v) is 12.6. The predicted octanol–water partition coefficient (Wildman–Crippen LogP) is 2.72. The van der Waals surface area contributed by atoms with Gasteiger partial charge >= 0.3 is 6.18 Å². The highest BCUT2D eigenvalue weighted by Gasteiger charge is 2.48. The van der Waals surface area contributed by atoms with Crippen LogP contribution < -0.4 is 0 Å². The first-order valence-corrected chi connectivity index (χ1v) is 13.8. The minimum Gasteiger partial charge on any atom is -0.386 e. The van der Waals surface area contributed by atoms with E-state index in [4.69, 9.17) is 4.74 Å². The van der Waals surface area contributed by atoms with E-state index in [9.17, 15) is 26.7 Å². The van der Waals surface area contributed by atoms with E-state index in [0.29, 0.717) is 60.8 Å². The van der Waals surface area contributed by atoms with Crippen LogP contribution in [-0.4, -0.2) is 71.0 Å². The number of ether oxygens (including phenoxy) is 1. The third-order valence-electron chi connectivity index (χ3n) is 7.09. The topological polar surface area (TPSA) is 87.9 Å². The molecule has 2 aromatic heterocycles. The van der Waals surface area contributed by atoms with Gasteiger partial charge in [-0.1, -0.05) is 0 Å². The van der Waals surface area contributed by atoms with Crippen LogP contribution in [0.4, 0.5) is 13.2 Å². The Balaban J connectivity index is 1.27. The average Bonchev–Trinajstić information content (AvgIpc) is 3.33. The van der Waals surface area contributed by atoms with Crippen LogP contribution in [0.25, 0.3) is 0 Å². The fraction of sp³-hybridized carbons (Fsp3) is 0.667. The fourth-order valence-electron chi connectivity index (χ4n) is 5.12. The van der Waals surface area contributed by atoms with Gasteiger partial charge < -0.3 is 9.84 Å². The van der Waals surface area contributed by atoms with E-state index in [1.807, 2.05) is 13.1 Å². The Morgan fingerprint density at radius 2 is 2.09 bits per heavy atom. The lowest BCUT2D eigenvalue weighted by molar-refractivity contribution is -0.139. The number of halogens is 3. The van der Waals surface area contributed by atoms with Crippen molar-refractivity contribution in [3.8, 4) is 0 Å². The number of hydrogen-bond acceptors (Lipinski definition) is 7. The highest BCUT2D eigenvalue weighted by atomic mass is 32.2. The lowest BCUT2D eigenvalue weighted by Gasteiger charge is -2.47. The summed E-state index contributed by atoms with van der Waals surface area (Å²) in [6.45, 7) is 4.11. The van der Waals surface area contributed by atoms with Crippen LogP contribution in [0.3, 0.4) is 0 Å². The molecule has 0 bridgehead atoms. The highest BCUT2D eigenvalue weighted by Crippen LogP contribution is 2.51. The molecule has 2 saturated heterocycles. The molecular formula is C21H27F3N4O4S2. The van der Waals surface area contributed by atoms with Gasteiger partial charge in [0, 0.05) is 54.4 Å². The van der Waals surface area contributed by atoms with E-state index in [0.717, 1.165) is 11.6 Å². The smallest absolute Gasteiger partial charge is 0.386 e. The molecule has 0 amide bonds. The first-order chi connectivity index (χ1) is 15.9. The van der Waals surface area contributed by atoms with Crippen molar-refractivity contribution >= 4 is 21.4 Å². The predicted molar refractivity (Wildman–Crippen MR) is 119 cm³/mol. The molecule has 0 radical (unpaired) electrons. The minimum atomic E-state index is -4.45. The minimum absolute atomic E-state index is 0.00753. The number of piperidine rings is 1. The molecule has 1 spiro atoms. The van der Waals surface area contributed by atoms with Crippen LogP contribution >= 0.6 is 11.3 Å². The molecule has 0 aliphatic carbocycles. The molecule has 188 valence electrons. The number of hydrogen-bond donors (Lipinski definition) is 1. The van der Waals surface area contributed by atoms with Crippen LogP contribution in [0.5, 0.6) is 0 Å². The number of thiophene rings is 1. The molecule has 5 rings (SSSR count). The molecule has 0 unspecified atom stereocenters. The SMILES string of the molecule is C[C@H]1C[C@@]2(CCN1Cc1cnn(C3CN(S(C)(=O)=O)C3)c1)OC[C@@H](O)c1cc(C(F)(F)F)sc12. The van der Waals surface area contributed by atoms with Crippen LogP contribution in [-0.2, 0) is 33.1 Å². The van der Waals surface area contributed by atoms with Gasteiger partial charge in [-0.15, -0.1) is 11.3 Å². The summed E-state index contributed by atoms with van der Waals surface area (Å²) in [4.78, 5) is 2.05.